The molecule has 0 saturated carbocycles. The van der Waals surface area contributed by atoms with Crippen molar-refractivity contribution in [3.8, 4) is 0 Å². The maximum absolute atomic E-state index is 11.2. The minimum Gasteiger partial charge on any atom is -0.481 e. The van der Waals surface area contributed by atoms with Crippen molar-refractivity contribution in [2.45, 2.75) is 26.2 Å². The standard InChI is InChI=1S/C9H18N2O3/c1-7(6-10)9(14)11-5-3-2-4-8(12)13/h7H,2-6,10H2,1H3,(H,11,14)(H,12,13). The second kappa shape index (κ2) is 7.32. The SMILES string of the molecule is CC(CN)C(=O)NCCCCC(=O)O. The Hall–Kier alpha value is -1.10. The Morgan fingerprint density at radius 1 is 1.43 bits per heavy atom. The van der Waals surface area contributed by atoms with Gasteiger partial charge in [-0.25, -0.2) is 0 Å². The number of hydrogen-bond donors (Lipinski definition) is 3. The van der Waals surface area contributed by atoms with E-state index in [2.05, 4.69) is 5.32 Å². The largest absolute Gasteiger partial charge is 0.481 e. The highest BCUT2D eigenvalue weighted by Crippen LogP contribution is 1.95. The van der Waals surface area contributed by atoms with E-state index < -0.39 is 5.97 Å². The highest BCUT2D eigenvalue weighted by Gasteiger charge is 2.08. The number of amides is 1. The molecule has 0 rings (SSSR count). The van der Waals surface area contributed by atoms with Crippen LogP contribution < -0.4 is 11.1 Å². The summed E-state index contributed by atoms with van der Waals surface area (Å²) in [6.07, 6.45) is 1.43. The van der Waals surface area contributed by atoms with Gasteiger partial charge >= 0.3 is 5.97 Å². The van der Waals surface area contributed by atoms with Gasteiger partial charge in [-0.1, -0.05) is 6.92 Å². The molecule has 5 nitrogen and oxygen atoms in total. The van der Waals surface area contributed by atoms with E-state index in [0.29, 0.717) is 25.9 Å². The molecule has 0 aliphatic heterocycles. The summed E-state index contributed by atoms with van der Waals surface area (Å²) >= 11 is 0. The molecule has 0 spiro atoms. The lowest BCUT2D eigenvalue weighted by molar-refractivity contribution is -0.137. The number of rotatable bonds is 7. The predicted molar refractivity (Wildman–Crippen MR) is 52.7 cm³/mol. The normalized spacial score (nSPS) is 12.1. The summed E-state index contributed by atoms with van der Waals surface area (Å²) in [7, 11) is 0. The fraction of sp³-hybridized carbons (Fsp3) is 0.778. The molecule has 0 saturated heterocycles. The minimum atomic E-state index is -0.799. The van der Waals surface area contributed by atoms with Crippen LogP contribution in [0.25, 0.3) is 0 Å². The summed E-state index contributed by atoms with van der Waals surface area (Å²) in [6, 6.07) is 0. The smallest absolute Gasteiger partial charge is 0.303 e. The van der Waals surface area contributed by atoms with E-state index >= 15 is 0 Å². The predicted octanol–water partition coefficient (Wildman–Crippen LogP) is -0.0477. The molecule has 0 fully saturated rings. The van der Waals surface area contributed by atoms with Gasteiger partial charge in [0.25, 0.3) is 0 Å². The van der Waals surface area contributed by atoms with Crippen LogP contribution in [0, 0.1) is 5.92 Å². The summed E-state index contributed by atoms with van der Waals surface area (Å²) in [5.74, 6) is -1.04. The molecule has 1 unspecified atom stereocenters. The Kier molecular flexibility index (Phi) is 6.74. The van der Waals surface area contributed by atoms with Gasteiger partial charge in [0, 0.05) is 25.4 Å². The lowest BCUT2D eigenvalue weighted by Gasteiger charge is -2.08. The van der Waals surface area contributed by atoms with Crippen LogP contribution in [-0.4, -0.2) is 30.1 Å². The van der Waals surface area contributed by atoms with Gasteiger partial charge in [-0.2, -0.15) is 0 Å². The molecule has 0 aromatic carbocycles. The van der Waals surface area contributed by atoms with Crippen LogP contribution in [0.15, 0.2) is 0 Å². The molecule has 0 radical (unpaired) electrons. The monoisotopic (exact) mass is 202 g/mol. The summed E-state index contributed by atoms with van der Waals surface area (Å²) < 4.78 is 0. The van der Waals surface area contributed by atoms with Gasteiger partial charge in [-0.3, -0.25) is 9.59 Å². The first-order valence-electron chi connectivity index (χ1n) is 4.77. The Morgan fingerprint density at radius 2 is 2.07 bits per heavy atom. The first-order chi connectivity index (χ1) is 6.57. The quantitative estimate of drug-likeness (QED) is 0.505. The molecule has 82 valence electrons. The molecule has 14 heavy (non-hydrogen) atoms. The van der Waals surface area contributed by atoms with Crippen molar-refractivity contribution in [2.75, 3.05) is 13.1 Å². The zero-order valence-electron chi connectivity index (χ0n) is 8.45. The van der Waals surface area contributed by atoms with E-state index in [1.54, 1.807) is 6.92 Å². The lowest BCUT2D eigenvalue weighted by Crippen LogP contribution is -2.33. The van der Waals surface area contributed by atoms with E-state index in [1.807, 2.05) is 0 Å². The van der Waals surface area contributed by atoms with Crippen LogP contribution in [-0.2, 0) is 9.59 Å². The molecule has 0 aromatic heterocycles. The van der Waals surface area contributed by atoms with Gasteiger partial charge < -0.3 is 16.2 Å². The number of nitrogens with two attached hydrogens (primary N) is 1. The van der Waals surface area contributed by atoms with Crippen molar-refractivity contribution >= 4 is 11.9 Å². The number of nitrogens with one attached hydrogen (secondary N) is 1. The molecular weight excluding hydrogens is 184 g/mol. The van der Waals surface area contributed by atoms with Crippen LogP contribution in [0.1, 0.15) is 26.2 Å². The van der Waals surface area contributed by atoms with Crippen LogP contribution in [0.2, 0.25) is 0 Å². The molecule has 0 heterocycles. The van der Waals surface area contributed by atoms with Crippen molar-refractivity contribution in [2.24, 2.45) is 11.7 Å². The molecule has 0 aliphatic rings. The second-order valence-electron chi connectivity index (χ2n) is 3.28. The second-order valence-corrected chi connectivity index (χ2v) is 3.28. The van der Waals surface area contributed by atoms with Gasteiger partial charge in [0.15, 0.2) is 0 Å². The minimum absolute atomic E-state index is 0.0668. The molecule has 4 N–H and O–H groups in total. The van der Waals surface area contributed by atoms with Gasteiger partial charge in [-0.05, 0) is 12.8 Å². The van der Waals surface area contributed by atoms with Crippen molar-refractivity contribution < 1.29 is 14.7 Å². The molecule has 1 amide bonds. The summed E-state index contributed by atoms with van der Waals surface area (Å²) in [5.41, 5.74) is 5.30. The van der Waals surface area contributed by atoms with Crippen LogP contribution >= 0.6 is 0 Å². The fourth-order valence-corrected chi connectivity index (χ4v) is 0.894. The Bertz CT molecular complexity index is 194. The third-order valence-electron chi connectivity index (χ3n) is 1.92. The zero-order chi connectivity index (χ0) is 11.0. The van der Waals surface area contributed by atoms with E-state index in [0.717, 1.165) is 0 Å². The number of unbranched alkanes of at least 4 members (excludes halogenated alkanes) is 1. The van der Waals surface area contributed by atoms with E-state index in [4.69, 9.17) is 10.8 Å². The maximum Gasteiger partial charge on any atom is 0.303 e. The zero-order valence-corrected chi connectivity index (χ0v) is 8.45. The van der Waals surface area contributed by atoms with Crippen LogP contribution in [0.5, 0.6) is 0 Å². The summed E-state index contributed by atoms with van der Waals surface area (Å²) in [4.78, 5) is 21.3. The molecular formula is C9H18N2O3. The Labute approximate surface area is 83.7 Å². The molecule has 0 aromatic rings. The molecule has 1 atom stereocenters. The number of carbonyl (C=O) groups excluding carboxylic acids is 1. The van der Waals surface area contributed by atoms with Crippen molar-refractivity contribution in [3.05, 3.63) is 0 Å². The van der Waals surface area contributed by atoms with E-state index in [1.165, 1.54) is 0 Å². The van der Waals surface area contributed by atoms with Crippen molar-refractivity contribution in [3.63, 3.8) is 0 Å². The van der Waals surface area contributed by atoms with Gasteiger partial charge in [0.1, 0.15) is 0 Å². The van der Waals surface area contributed by atoms with Crippen LogP contribution in [0.3, 0.4) is 0 Å². The first kappa shape index (κ1) is 12.9. The lowest BCUT2D eigenvalue weighted by atomic mass is 10.1. The van der Waals surface area contributed by atoms with Gasteiger partial charge in [0.05, 0.1) is 0 Å². The maximum atomic E-state index is 11.2. The number of carbonyl (C=O) groups is 2. The topological polar surface area (TPSA) is 92.4 Å². The summed E-state index contributed by atoms with van der Waals surface area (Å²) in [6.45, 7) is 2.62. The highest BCUT2D eigenvalue weighted by molar-refractivity contribution is 5.78. The van der Waals surface area contributed by atoms with Gasteiger partial charge in [-0.15, -0.1) is 0 Å². The van der Waals surface area contributed by atoms with Gasteiger partial charge in [0.2, 0.25) is 5.91 Å². The highest BCUT2D eigenvalue weighted by atomic mass is 16.4. The molecule has 5 heteroatoms. The average Bonchev–Trinajstić information content (AvgIpc) is 2.15. The molecule has 0 aliphatic carbocycles. The van der Waals surface area contributed by atoms with E-state index in [-0.39, 0.29) is 18.2 Å². The van der Waals surface area contributed by atoms with Crippen LogP contribution in [0.4, 0.5) is 0 Å². The Balaban J connectivity index is 3.36. The first-order valence-corrected chi connectivity index (χ1v) is 4.77. The third kappa shape index (κ3) is 6.42. The third-order valence-corrected chi connectivity index (χ3v) is 1.92. The van der Waals surface area contributed by atoms with Crippen molar-refractivity contribution in [1.29, 1.82) is 0 Å². The number of aliphatic carboxylic acids is 1. The Morgan fingerprint density at radius 3 is 2.57 bits per heavy atom. The number of carboxylic acid groups (broad SMARTS) is 1. The van der Waals surface area contributed by atoms with Crippen molar-refractivity contribution in [1.82, 2.24) is 5.32 Å². The number of carboxylic acids is 1. The number of hydrogen-bond acceptors (Lipinski definition) is 3. The summed E-state index contributed by atoms with van der Waals surface area (Å²) in [5, 5.41) is 11.0. The fourth-order valence-electron chi connectivity index (χ4n) is 0.894. The van der Waals surface area contributed by atoms with E-state index in [9.17, 15) is 9.59 Å². The average molecular weight is 202 g/mol. The molecule has 0 bridgehead atoms.